The number of H-pyrrole nitrogens is 2. The molecule has 0 spiro atoms. The van der Waals surface area contributed by atoms with Crippen LogP contribution in [0.5, 0.6) is 5.75 Å². The highest BCUT2D eigenvalue weighted by molar-refractivity contribution is 5.88. The normalized spacial score (nSPS) is 14.2. The number of nitrogens with one attached hydrogen (secondary N) is 3. The minimum Gasteiger partial charge on any atom is -0.487 e. The van der Waals surface area contributed by atoms with Crippen molar-refractivity contribution in [3.05, 3.63) is 226 Å². The van der Waals surface area contributed by atoms with Crippen molar-refractivity contribution in [1.29, 1.82) is 0 Å². The number of aliphatic hydroxyl groups excluding tert-OH is 2. The summed E-state index contributed by atoms with van der Waals surface area (Å²) in [6, 6.07) is 45.2. The molecule has 2 heterocycles. The fourth-order valence-corrected chi connectivity index (χ4v) is 11.2. The van der Waals surface area contributed by atoms with Crippen LogP contribution in [0.3, 0.4) is 0 Å². The maximum atomic E-state index is 12.2. The lowest BCUT2D eigenvalue weighted by molar-refractivity contribution is -0.693. The highest BCUT2D eigenvalue weighted by Gasteiger charge is 2.28. The number of aromatic nitrogens is 2. The Kier molecular flexibility index (Phi) is 16.3. The van der Waals surface area contributed by atoms with Crippen LogP contribution in [0.1, 0.15) is 112 Å². The molecule has 372 valence electrons. The number of ether oxygens (including phenoxy) is 1. The third-order valence-electron chi connectivity index (χ3n) is 15.1. The summed E-state index contributed by atoms with van der Waals surface area (Å²) in [5.74, 6) is 0.597. The Morgan fingerprint density at radius 1 is 0.556 bits per heavy atom. The van der Waals surface area contributed by atoms with Crippen LogP contribution >= 0.6 is 0 Å². The molecule has 0 amide bonds. The first-order chi connectivity index (χ1) is 35.1. The summed E-state index contributed by atoms with van der Waals surface area (Å²) in [7, 11) is 0. The van der Waals surface area contributed by atoms with Gasteiger partial charge in [0.05, 0.1) is 23.2 Å². The van der Waals surface area contributed by atoms with Crippen molar-refractivity contribution in [2.75, 3.05) is 13.1 Å². The average molecular weight is 964 g/mol. The van der Waals surface area contributed by atoms with Gasteiger partial charge in [-0.2, -0.15) is 0 Å². The molecule has 0 saturated heterocycles. The number of aryl methyl sites for hydroxylation is 6. The Morgan fingerprint density at radius 2 is 1.06 bits per heavy atom. The molecular formula is C63H71N4O5+. The van der Waals surface area contributed by atoms with E-state index in [1.54, 1.807) is 12.1 Å². The number of benzene rings is 6. The zero-order chi connectivity index (χ0) is 50.1. The Labute approximate surface area is 423 Å². The van der Waals surface area contributed by atoms with Gasteiger partial charge in [-0.25, -0.2) is 0 Å². The Morgan fingerprint density at radius 3 is 1.62 bits per heavy atom. The second kappa shape index (κ2) is 23.3. The molecule has 8 aromatic rings. The van der Waals surface area contributed by atoms with Gasteiger partial charge >= 0.3 is 0 Å². The number of hydrogen-bond acceptors (Lipinski definition) is 6. The number of nitrogens with two attached hydrogens (primary N) is 1. The molecule has 9 nitrogen and oxygen atoms in total. The molecule has 0 radical (unpaired) electrons. The molecule has 2 aliphatic carbocycles. The average Bonchev–Trinajstić information content (AvgIpc) is 4.02. The maximum absolute atomic E-state index is 12.2. The lowest BCUT2D eigenvalue weighted by atomic mass is 9.96. The Balaban J connectivity index is 0.000000178. The topological polar surface area (TPSA) is 144 Å². The number of quaternary nitrogens is 1. The van der Waals surface area contributed by atoms with Gasteiger partial charge in [0.1, 0.15) is 25.0 Å². The first kappa shape index (κ1) is 50.3. The molecular weight excluding hydrogens is 893 g/mol. The van der Waals surface area contributed by atoms with Gasteiger partial charge in [0, 0.05) is 48.3 Å². The second-order valence-electron chi connectivity index (χ2n) is 19.8. The smallest absolute Gasteiger partial charge is 0.248 e. The van der Waals surface area contributed by atoms with Crippen molar-refractivity contribution < 1.29 is 20.3 Å². The molecule has 0 unspecified atom stereocenters. The number of pyridine rings is 2. The van der Waals surface area contributed by atoms with Crippen molar-refractivity contribution in [1.82, 2.24) is 15.3 Å². The van der Waals surface area contributed by atoms with E-state index in [-0.39, 0.29) is 11.1 Å². The molecule has 9 heteroatoms. The summed E-state index contributed by atoms with van der Waals surface area (Å²) in [6.45, 7) is 10.4. The highest BCUT2D eigenvalue weighted by atomic mass is 16.5. The van der Waals surface area contributed by atoms with E-state index in [0.717, 1.165) is 103 Å². The van der Waals surface area contributed by atoms with Crippen LogP contribution in [0, 0.1) is 0 Å². The molecule has 0 aliphatic heterocycles. The molecule has 2 atom stereocenters. The van der Waals surface area contributed by atoms with Gasteiger partial charge in [-0.05, 0) is 142 Å². The summed E-state index contributed by atoms with van der Waals surface area (Å²) in [6.07, 6.45) is 8.83. The fourth-order valence-electron chi connectivity index (χ4n) is 11.2. The van der Waals surface area contributed by atoms with Crippen LogP contribution in [0.2, 0.25) is 0 Å². The molecule has 2 aliphatic rings. The van der Waals surface area contributed by atoms with Gasteiger partial charge in [-0.1, -0.05) is 131 Å². The zero-order valence-electron chi connectivity index (χ0n) is 42.4. The van der Waals surface area contributed by atoms with Crippen molar-refractivity contribution in [2.24, 2.45) is 0 Å². The molecule has 0 fully saturated rings. The fraction of sp³-hybridized carbons (Fsp3) is 0.333. The van der Waals surface area contributed by atoms with E-state index < -0.39 is 12.2 Å². The largest absolute Gasteiger partial charge is 0.487 e. The minimum absolute atomic E-state index is 0.108. The van der Waals surface area contributed by atoms with Crippen molar-refractivity contribution >= 4 is 21.8 Å². The summed E-state index contributed by atoms with van der Waals surface area (Å²) in [5.41, 5.74) is 17.9. The lowest BCUT2D eigenvalue weighted by Gasteiger charge is -2.19. The number of hydrogen-bond donors (Lipinski definition) is 6. The monoisotopic (exact) mass is 964 g/mol. The maximum Gasteiger partial charge on any atom is 0.248 e. The predicted molar refractivity (Wildman–Crippen MR) is 291 cm³/mol. The van der Waals surface area contributed by atoms with Crippen LogP contribution in [0.4, 0.5) is 0 Å². The van der Waals surface area contributed by atoms with Crippen molar-refractivity contribution in [2.45, 2.75) is 123 Å². The van der Waals surface area contributed by atoms with Crippen LogP contribution in [0.15, 0.2) is 143 Å². The zero-order valence-corrected chi connectivity index (χ0v) is 42.4. The van der Waals surface area contributed by atoms with Crippen LogP contribution in [-0.4, -0.2) is 45.4 Å². The third-order valence-corrected chi connectivity index (χ3v) is 15.1. The van der Waals surface area contributed by atoms with E-state index in [2.05, 4.69) is 103 Å². The van der Waals surface area contributed by atoms with Crippen LogP contribution in [-0.2, 0) is 70.8 Å². The van der Waals surface area contributed by atoms with Crippen LogP contribution < -0.4 is 26.5 Å². The number of aromatic amines is 2. The van der Waals surface area contributed by atoms with E-state index in [4.69, 9.17) is 4.74 Å². The molecule has 7 N–H and O–H groups in total. The standard InChI is InChI=1S/C32H36N2O2.C31H34N2O3/c1-3-22-16-25-18-27(19-26(25)17-23(22)4-2)33-20-30(35)28-13-12-24(11-10-21-8-6-5-7-9-21)32-29(28)14-15-31(36)34-32;1-3-21-14-23-16-25(17-24(23)15-22(21)4-2)32-18-28(34)26-10-12-29(31-27(26)11-13-30(35)33-31)36-19-20-8-6-5-7-9-20/h5-9,12-17,27,30,33,35H,3-4,10-11,18-20H2,1-2H3,(H,34,36);5-15,25,28,32,34H,3-4,16-19H2,1-2H3,(H,33,35)/p+1/t30-;28-/m00/s1. The van der Waals surface area contributed by atoms with E-state index in [1.807, 2.05) is 60.7 Å². The number of aliphatic hydroxyl groups is 2. The van der Waals surface area contributed by atoms with E-state index in [1.165, 1.54) is 56.1 Å². The Bertz CT molecular complexity index is 2970. The van der Waals surface area contributed by atoms with Gasteiger partial charge in [-0.15, -0.1) is 0 Å². The lowest BCUT2D eigenvalue weighted by Crippen LogP contribution is -2.91. The van der Waals surface area contributed by atoms with Gasteiger partial charge in [0.2, 0.25) is 11.1 Å². The van der Waals surface area contributed by atoms with Crippen molar-refractivity contribution in [3.8, 4) is 5.75 Å². The summed E-state index contributed by atoms with van der Waals surface area (Å²) in [5, 5.41) is 30.0. The van der Waals surface area contributed by atoms with Gasteiger partial charge in [-0.3, -0.25) is 9.59 Å². The van der Waals surface area contributed by atoms with E-state index >= 15 is 0 Å². The first-order valence-electron chi connectivity index (χ1n) is 26.3. The number of rotatable bonds is 18. The quantitative estimate of drug-likeness (QED) is 0.0507. The molecule has 6 aromatic carbocycles. The molecule has 72 heavy (non-hydrogen) atoms. The van der Waals surface area contributed by atoms with Crippen molar-refractivity contribution in [3.63, 3.8) is 0 Å². The highest BCUT2D eigenvalue weighted by Crippen LogP contribution is 2.32. The predicted octanol–water partition coefficient (Wildman–Crippen LogP) is 9.22. The molecule has 2 aromatic heterocycles. The van der Waals surface area contributed by atoms with Gasteiger partial charge < -0.3 is 35.6 Å². The van der Waals surface area contributed by atoms with E-state index in [0.29, 0.717) is 43.0 Å². The minimum atomic E-state index is -0.706. The summed E-state index contributed by atoms with van der Waals surface area (Å²) in [4.78, 5) is 30.2. The SMILES string of the molecule is CCc1cc2c(cc1CC)CC(NC[C@H](O)c1ccc(OCc3ccccc3)c3[nH]c(=O)ccc13)C2.CCc1cc2c(cc1CC)CC([NH2+]C[C@H](O)c1ccc(CCc3ccccc3)c3[nH]c(=O)ccc13)C2. The molecule has 0 saturated carbocycles. The molecule has 0 bridgehead atoms. The van der Waals surface area contributed by atoms with Gasteiger partial charge in [0.25, 0.3) is 0 Å². The first-order valence-corrected chi connectivity index (χ1v) is 26.3. The summed E-state index contributed by atoms with van der Waals surface area (Å²) >= 11 is 0. The summed E-state index contributed by atoms with van der Waals surface area (Å²) < 4.78 is 6.04. The second-order valence-corrected chi connectivity index (χ2v) is 19.8. The van der Waals surface area contributed by atoms with Gasteiger partial charge in [0.15, 0.2) is 0 Å². The Hall–Kier alpha value is -6.62. The number of fused-ring (bicyclic) bond motifs is 4. The van der Waals surface area contributed by atoms with Crippen LogP contribution in [0.25, 0.3) is 21.8 Å². The molecule has 10 rings (SSSR count). The van der Waals surface area contributed by atoms with E-state index in [9.17, 15) is 19.8 Å². The third kappa shape index (κ3) is 11.7.